The molecule has 0 saturated carbocycles. The standard InChI is InChI=1S/C26H21N2O.C14H16NSi.Ir/c1-18(2)19-15-16-27-22(17-19)21-11-8-13-24-26(21)29-25-14-7-6-12-23(25)28(24)20-9-4-3-5-10-20;1-16(2,3)13-9-10-14(15-11-13)12-7-5-4-6-8-12;/h3-10,12-18H,1-2H3;4-7,9-11H,1-3H3;/q2*-1;/i18D;;. The molecule has 4 aromatic carbocycles. The average Bonchev–Trinajstić information content (AvgIpc) is 3.07. The molecule has 7 rings (SSSR count). The molecule has 0 spiro atoms. The number of nitrogens with zero attached hydrogens (tertiary/aromatic N) is 3. The van der Waals surface area contributed by atoms with Crippen LogP contribution < -0.4 is 14.8 Å². The molecular formula is C40H37IrN3OSi-2. The summed E-state index contributed by atoms with van der Waals surface area (Å²) < 4.78 is 14.8. The van der Waals surface area contributed by atoms with Crippen molar-refractivity contribution in [2.75, 3.05) is 4.90 Å². The topological polar surface area (TPSA) is 38.3 Å². The number of ether oxygens (including phenoxy) is 1. The van der Waals surface area contributed by atoms with Crippen molar-refractivity contribution in [2.24, 2.45) is 0 Å². The summed E-state index contributed by atoms with van der Waals surface area (Å²) in [6.07, 6.45) is 3.77. The number of hydrogen-bond acceptors (Lipinski definition) is 4. The molecule has 6 heteroatoms. The summed E-state index contributed by atoms with van der Waals surface area (Å²) in [5, 5.41) is 1.40. The van der Waals surface area contributed by atoms with Crippen molar-refractivity contribution < 1.29 is 26.2 Å². The summed E-state index contributed by atoms with van der Waals surface area (Å²) in [6, 6.07) is 44.8. The molecule has 46 heavy (non-hydrogen) atoms. The van der Waals surface area contributed by atoms with E-state index in [1.54, 1.807) is 6.20 Å². The number of benzene rings is 4. The monoisotopic (exact) mass is 797 g/mol. The zero-order chi connectivity index (χ0) is 32.3. The smallest absolute Gasteiger partial charge is 0.138 e. The van der Waals surface area contributed by atoms with Crippen molar-refractivity contribution in [2.45, 2.75) is 39.4 Å². The van der Waals surface area contributed by atoms with E-state index in [2.05, 4.69) is 77.0 Å². The predicted octanol–water partition coefficient (Wildman–Crippen LogP) is 10.3. The molecule has 6 aromatic rings. The van der Waals surface area contributed by atoms with E-state index >= 15 is 0 Å². The van der Waals surface area contributed by atoms with Crippen LogP contribution in [0.25, 0.3) is 22.5 Å². The van der Waals surface area contributed by atoms with Crippen molar-refractivity contribution in [1.29, 1.82) is 0 Å². The Kier molecular flexibility index (Phi) is 9.89. The molecule has 0 aliphatic carbocycles. The van der Waals surface area contributed by atoms with Crippen LogP contribution in [0.5, 0.6) is 11.5 Å². The van der Waals surface area contributed by atoms with Crippen LogP contribution in [0, 0.1) is 12.1 Å². The Labute approximate surface area is 288 Å². The van der Waals surface area contributed by atoms with Gasteiger partial charge in [0.15, 0.2) is 0 Å². The third kappa shape index (κ3) is 7.21. The minimum atomic E-state index is -1.23. The Morgan fingerprint density at radius 3 is 2.22 bits per heavy atom. The Morgan fingerprint density at radius 1 is 0.761 bits per heavy atom. The minimum Gasteiger partial charge on any atom is -0.498 e. The fraction of sp³-hybridized carbons (Fsp3) is 0.150. The van der Waals surface area contributed by atoms with Gasteiger partial charge in [0.25, 0.3) is 0 Å². The molecule has 233 valence electrons. The zero-order valence-corrected chi connectivity index (χ0v) is 30.1. The van der Waals surface area contributed by atoms with Gasteiger partial charge in [-0.1, -0.05) is 93.1 Å². The van der Waals surface area contributed by atoms with Crippen molar-refractivity contribution in [3.63, 3.8) is 0 Å². The van der Waals surface area contributed by atoms with E-state index in [0.717, 1.165) is 50.9 Å². The van der Waals surface area contributed by atoms with Gasteiger partial charge < -0.3 is 19.6 Å². The number of rotatable bonds is 5. The quantitative estimate of drug-likeness (QED) is 0.128. The van der Waals surface area contributed by atoms with E-state index in [1.165, 1.54) is 5.19 Å². The fourth-order valence-corrected chi connectivity index (χ4v) is 6.23. The van der Waals surface area contributed by atoms with Crippen LogP contribution in [0.3, 0.4) is 0 Å². The Balaban J connectivity index is 0.000000217. The molecule has 0 N–H and O–H groups in total. The fourth-order valence-electron chi connectivity index (χ4n) is 5.19. The first-order valence-corrected chi connectivity index (χ1v) is 18.7. The minimum absolute atomic E-state index is 0. The SMILES string of the molecule is C[Si](C)(C)c1ccc(-c2[c-]cccc2)nc1.[2H]C(C)(C)c1ccnc(-c2[c-]ccc3c2Oc2ccccc2N3c2ccccc2)c1.[Ir]. The van der Waals surface area contributed by atoms with E-state index in [9.17, 15) is 0 Å². The van der Waals surface area contributed by atoms with Crippen LogP contribution in [0.1, 0.15) is 26.7 Å². The Bertz CT molecular complexity index is 1940. The van der Waals surface area contributed by atoms with E-state index in [-0.39, 0.29) is 20.1 Å². The maximum absolute atomic E-state index is 8.38. The molecule has 4 nitrogen and oxygen atoms in total. The van der Waals surface area contributed by atoms with Crippen LogP contribution in [0.2, 0.25) is 19.6 Å². The molecule has 1 radical (unpaired) electrons. The molecule has 2 aromatic heterocycles. The van der Waals surface area contributed by atoms with Gasteiger partial charge in [0.2, 0.25) is 0 Å². The number of pyridine rings is 2. The molecule has 0 bridgehead atoms. The normalized spacial score (nSPS) is 12.3. The summed E-state index contributed by atoms with van der Waals surface area (Å²) >= 11 is 0. The first-order chi connectivity index (χ1) is 22.1. The van der Waals surface area contributed by atoms with E-state index < -0.39 is 14.0 Å². The molecule has 1 aliphatic rings. The molecule has 0 saturated heterocycles. The number of fused-ring (bicyclic) bond motifs is 2. The average molecular weight is 797 g/mol. The van der Waals surface area contributed by atoms with Gasteiger partial charge in [0.05, 0.1) is 19.5 Å². The third-order valence-electron chi connectivity index (χ3n) is 7.71. The van der Waals surface area contributed by atoms with Crippen LogP contribution in [-0.2, 0) is 20.1 Å². The second kappa shape index (κ2) is 14.4. The Morgan fingerprint density at radius 2 is 1.52 bits per heavy atom. The predicted molar refractivity (Wildman–Crippen MR) is 189 cm³/mol. The summed E-state index contributed by atoms with van der Waals surface area (Å²) in [5.74, 6) is 0.787. The molecule has 3 heterocycles. The molecular weight excluding hydrogens is 759 g/mol. The van der Waals surface area contributed by atoms with Gasteiger partial charge in [-0.2, -0.15) is 0 Å². The second-order valence-electron chi connectivity index (χ2n) is 12.2. The molecule has 0 unspecified atom stereocenters. The maximum Gasteiger partial charge on any atom is 0.138 e. The number of hydrogen-bond donors (Lipinski definition) is 0. The van der Waals surface area contributed by atoms with Crippen LogP contribution in [0.15, 0.2) is 128 Å². The number of anilines is 3. The van der Waals surface area contributed by atoms with Crippen LogP contribution >= 0.6 is 0 Å². The van der Waals surface area contributed by atoms with E-state index in [4.69, 9.17) is 6.11 Å². The molecule has 0 fully saturated rings. The van der Waals surface area contributed by atoms with Gasteiger partial charge in [0, 0.05) is 45.2 Å². The van der Waals surface area contributed by atoms with Gasteiger partial charge in [-0.15, -0.1) is 54.1 Å². The zero-order valence-electron chi connectivity index (χ0n) is 27.7. The van der Waals surface area contributed by atoms with Gasteiger partial charge in [-0.3, -0.25) is 0 Å². The van der Waals surface area contributed by atoms with Crippen molar-refractivity contribution >= 4 is 30.3 Å². The number of para-hydroxylation sites is 3. The second-order valence-corrected chi connectivity index (χ2v) is 17.3. The van der Waals surface area contributed by atoms with E-state index in [1.807, 2.05) is 105 Å². The Hall–Kier alpha value is -4.35. The number of aromatic nitrogens is 2. The maximum atomic E-state index is 8.38. The van der Waals surface area contributed by atoms with Crippen LogP contribution in [0.4, 0.5) is 17.1 Å². The molecule has 0 atom stereocenters. The third-order valence-corrected chi connectivity index (χ3v) is 9.74. The largest absolute Gasteiger partial charge is 0.498 e. The first-order valence-electron chi connectivity index (χ1n) is 15.7. The van der Waals surface area contributed by atoms with Gasteiger partial charge in [-0.25, -0.2) is 0 Å². The summed E-state index contributed by atoms with van der Waals surface area (Å²) in [5.41, 5.74) is 7.47. The summed E-state index contributed by atoms with van der Waals surface area (Å²) in [6.45, 7) is 10.7. The molecule has 0 amide bonds. The van der Waals surface area contributed by atoms with Crippen molar-refractivity contribution in [1.82, 2.24) is 9.97 Å². The first kappa shape index (κ1) is 31.6. The van der Waals surface area contributed by atoms with Gasteiger partial charge >= 0.3 is 0 Å². The molecule has 1 aliphatic heterocycles. The summed E-state index contributed by atoms with van der Waals surface area (Å²) in [7, 11) is -1.23. The van der Waals surface area contributed by atoms with Gasteiger partial charge in [-0.05, 0) is 52.8 Å². The van der Waals surface area contributed by atoms with E-state index in [0.29, 0.717) is 5.75 Å². The van der Waals surface area contributed by atoms with Crippen molar-refractivity contribution in [3.8, 4) is 34.0 Å². The summed E-state index contributed by atoms with van der Waals surface area (Å²) in [4.78, 5) is 11.3. The van der Waals surface area contributed by atoms with Crippen LogP contribution in [-0.4, -0.2) is 18.0 Å². The van der Waals surface area contributed by atoms with Crippen molar-refractivity contribution in [3.05, 3.63) is 145 Å². The van der Waals surface area contributed by atoms with Gasteiger partial charge in [0.1, 0.15) is 5.75 Å².